The molecule has 0 atom stereocenters. The molecule has 9 heteroatoms. The van der Waals surface area contributed by atoms with Crippen LogP contribution in [0, 0.1) is 0 Å². The quantitative estimate of drug-likeness (QED) is 0.688. The lowest BCUT2D eigenvalue weighted by Crippen LogP contribution is -2.46. The van der Waals surface area contributed by atoms with Gasteiger partial charge in [0.05, 0.1) is 5.56 Å². The first kappa shape index (κ1) is 20.2. The minimum absolute atomic E-state index is 0.0776. The second-order valence-corrected chi connectivity index (χ2v) is 7.40. The maximum Gasteiger partial charge on any atom is 0.417 e. The van der Waals surface area contributed by atoms with Crippen LogP contribution in [0.3, 0.4) is 0 Å². The highest BCUT2D eigenvalue weighted by molar-refractivity contribution is 5.82. The SMILES string of the molecule is O=C(O)Cn1ccc2ccc(CN3CCN(c4ccc(C(F)(F)F)cn4)CC3)cc21. The summed E-state index contributed by atoms with van der Waals surface area (Å²) in [6, 6.07) is 10.4. The van der Waals surface area contributed by atoms with E-state index in [4.69, 9.17) is 5.11 Å². The van der Waals surface area contributed by atoms with Gasteiger partial charge in [-0.1, -0.05) is 12.1 Å². The largest absolute Gasteiger partial charge is 0.480 e. The Balaban J connectivity index is 1.38. The van der Waals surface area contributed by atoms with Crippen LogP contribution in [0.1, 0.15) is 11.1 Å². The maximum atomic E-state index is 12.7. The predicted molar refractivity (Wildman–Crippen MR) is 106 cm³/mol. The Morgan fingerprint density at radius 3 is 2.47 bits per heavy atom. The van der Waals surface area contributed by atoms with Gasteiger partial charge < -0.3 is 14.6 Å². The van der Waals surface area contributed by atoms with E-state index in [1.165, 1.54) is 6.07 Å². The molecule has 1 aromatic carbocycles. The van der Waals surface area contributed by atoms with Crippen LogP contribution in [-0.4, -0.2) is 51.7 Å². The third-order valence-electron chi connectivity index (χ3n) is 5.32. The summed E-state index contributed by atoms with van der Waals surface area (Å²) in [4.78, 5) is 19.3. The number of pyridine rings is 1. The predicted octanol–water partition coefficient (Wildman–Crippen LogP) is 3.46. The van der Waals surface area contributed by atoms with E-state index in [2.05, 4.69) is 9.88 Å². The molecule has 6 nitrogen and oxygen atoms in total. The van der Waals surface area contributed by atoms with Gasteiger partial charge in [0.2, 0.25) is 0 Å². The highest BCUT2D eigenvalue weighted by atomic mass is 19.4. The van der Waals surface area contributed by atoms with Gasteiger partial charge in [-0.3, -0.25) is 9.69 Å². The molecule has 0 saturated carbocycles. The smallest absolute Gasteiger partial charge is 0.417 e. The molecule has 3 heterocycles. The zero-order valence-electron chi connectivity index (χ0n) is 16.1. The zero-order valence-corrected chi connectivity index (χ0v) is 16.1. The molecule has 2 aromatic heterocycles. The van der Waals surface area contributed by atoms with Crippen LogP contribution in [-0.2, 0) is 24.1 Å². The van der Waals surface area contributed by atoms with Crippen molar-refractivity contribution in [3.05, 3.63) is 59.9 Å². The number of fused-ring (bicyclic) bond motifs is 1. The van der Waals surface area contributed by atoms with Crippen molar-refractivity contribution in [2.45, 2.75) is 19.3 Å². The average Bonchev–Trinajstić information content (AvgIpc) is 3.09. The number of aliphatic carboxylic acids is 1. The Hall–Kier alpha value is -3.07. The standard InChI is InChI=1S/C21H21F3N4O2/c22-21(23,24)17-3-4-19(25-12-17)27-9-7-26(8-10-27)13-15-1-2-16-5-6-28(14-20(29)30)18(16)11-15/h1-6,11-12H,7-10,13-14H2,(H,29,30). The van der Waals surface area contributed by atoms with Crippen molar-refractivity contribution < 1.29 is 23.1 Å². The molecule has 1 aliphatic heterocycles. The third-order valence-corrected chi connectivity index (χ3v) is 5.32. The summed E-state index contributed by atoms with van der Waals surface area (Å²) < 4.78 is 39.8. The molecular weight excluding hydrogens is 397 g/mol. The van der Waals surface area contributed by atoms with Crippen LogP contribution in [0.5, 0.6) is 0 Å². The van der Waals surface area contributed by atoms with Crippen molar-refractivity contribution in [1.29, 1.82) is 0 Å². The van der Waals surface area contributed by atoms with Gasteiger partial charge in [-0.05, 0) is 35.2 Å². The summed E-state index contributed by atoms with van der Waals surface area (Å²) in [7, 11) is 0. The van der Waals surface area contributed by atoms with Crippen LogP contribution >= 0.6 is 0 Å². The molecular formula is C21H21F3N4O2. The number of aromatic nitrogens is 2. The molecule has 158 valence electrons. The number of benzene rings is 1. The molecule has 1 saturated heterocycles. The molecule has 0 spiro atoms. The van der Waals surface area contributed by atoms with Crippen LogP contribution < -0.4 is 4.90 Å². The monoisotopic (exact) mass is 418 g/mol. The molecule has 4 rings (SSSR count). The van der Waals surface area contributed by atoms with Gasteiger partial charge in [0.1, 0.15) is 12.4 Å². The first-order valence-corrected chi connectivity index (χ1v) is 9.60. The second kappa shape index (κ2) is 7.98. The number of anilines is 1. The van der Waals surface area contributed by atoms with Gasteiger partial charge in [-0.15, -0.1) is 0 Å². The summed E-state index contributed by atoms with van der Waals surface area (Å²) in [5.74, 6) is -0.332. The summed E-state index contributed by atoms with van der Waals surface area (Å²) >= 11 is 0. The van der Waals surface area contributed by atoms with E-state index >= 15 is 0 Å². The van der Waals surface area contributed by atoms with Gasteiger partial charge in [0.15, 0.2) is 0 Å². The Morgan fingerprint density at radius 1 is 1.07 bits per heavy atom. The Kier molecular flexibility index (Phi) is 5.38. The van der Waals surface area contributed by atoms with Gasteiger partial charge in [-0.25, -0.2) is 4.98 Å². The fourth-order valence-electron chi connectivity index (χ4n) is 3.75. The van der Waals surface area contributed by atoms with E-state index in [1.54, 1.807) is 10.8 Å². The first-order chi connectivity index (χ1) is 14.3. The van der Waals surface area contributed by atoms with Gasteiger partial charge >= 0.3 is 12.1 Å². The number of piperazine rings is 1. The Labute approximate surface area is 171 Å². The van der Waals surface area contributed by atoms with E-state index in [0.717, 1.165) is 48.4 Å². The summed E-state index contributed by atoms with van der Waals surface area (Å²) in [6.45, 7) is 3.52. The highest BCUT2D eigenvalue weighted by Gasteiger charge is 2.31. The minimum Gasteiger partial charge on any atom is -0.480 e. The molecule has 30 heavy (non-hydrogen) atoms. The number of halogens is 3. The fraction of sp³-hybridized carbons (Fsp3) is 0.333. The second-order valence-electron chi connectivity index (χ2n) is 7.40. The topological polar surface area (TPSA) is 61.6 Å². The number of alkyl halides is 3. The van der Waals surface area contributed by atoms with Crippen LogP contribution in [0.15, 0.2) is 48.8 Å². The highest BCUT2D eigenvalue weighted by Crippen LogP contribution is 2.29. The molecule has 1 aliphatic rings. The van der Waals surface area contributed by atoms with Crippen LogP contribution in [0.25, 0.3) is 10.9 Å². The maximum absolute atomic E-state index is 12.7. The number of hydrogen-bond donors (Lipinski definition) is 1. The molecule has 1 fully saturated rings. The normalized spacial score (nSPS) is 15.6. The number of carbonyl (C=O) groups is 1. The Bertz CT molecular complexity index is 1040. The van der Waals surface area contributed by atoms with Crippen molar-refractivity contribution in [2.24, 2.45) is 0 Å². The van der Waals surface area contributed by atoms with E-state index < -0.39 is 17.7 Å². The zero-order chi connectivity index (χ0) is 21.3. The lowest BCUT2D eigenvalue weighted by atomic mass is 10.1. The number of nitrogens with zero attached hydrogens (tertiary/aromatic N) is 4. The third kappa shape index (κ3) is 4.40. The number of carboxylic acids is 1. The first-order valence-electron chi connectivity index (χ1n) is 9.60. The number of carboxylic acid groups (broad SMARTS) is 1. The lowest BCUT2D eigenvalue weighted by Gasteiger charge is -2.35. The molecule has 0 radical (unpaired) electrons. The molecule has 0 aliphatic carbocycles. The molecule has 3 aromatic rings. The van der Waals surface area contributed by atoms with Crippen molar-refractivity contribution in [1.82, 2.24) is 14.5 Å². The Morgan fingerprint density at radius 2 is 1.83 bits per heavy atom. The van der Waals surface area contributed by atoms with E-state index in [0.29, 0.717) is 18.9 Å². The van der Waals surface area contributed by atoms with Gasteiger partial charge in [-0.2, -0.15) is 13.2 Å². The van der Waals surface area contributed by atoms with E-state index in [1.807, 2.05) is 29.2 Å². The van der Waals surface area contributed by atoms with Crippen molar-refractivity contribution in [2.75, 3.05) is 31.1 Å². The van der Waals surface area contributed by atoms with Crippen LogP contribution in [0.2, 0.25) is 0 Å². The molecule has 1 N–H and O–H groups in total. The van der Waals surface area contributed by atoms with E-state index in [-0.39, 0.29) is 6.54 Å². The van der Waals surface area contributed by atoms with Crippen molar-refractivity contribution >= 4 is 22.7 Å². The van der Waals surface area contributed by atoms with Crippen molar-refractivity contribution in [3.8, 4) is 0 Å². The van der Waals surface area contributed by atoms with Crippen molar-refractivity contribution in [3.63, 3.8) is 0 Å². The summed E-state index contributed by atoms with van der Waals surface area (Å²) in [6.07, 6.45) is -1.72. The van der Waals surface area contributed by atoms with Crippen LogP contribution in [0.4, 0.5) is 19.0 Å². The van der Waals surface area contributed by atoms with E-state index in [9.17, 15) is 18.0 Å². The molecule has 0 amide bonds. The summed E-state index contributed by atoms with van der Waals surface area (Å²) in [5, 5.41) is 10.1. The van der Waals surface area contributed by atoms with Gasteiger partial charge in [0, 0.05) is 50.6 Å². The average molecular weight is 418 g/mol. The fourth-order valence-corrected chi connectivity index (χ4v) is 3.75. The molecule has 0 unspecified atom stereocenters. The molecule has 0 bridgehead atoms. The van der Waals surface area contributed by atoms with Gasteiger partial charge in [0.25, 0.3) is 0 Å². The minimum atomic E-state index is -4.38. The number of rotatable bonds is 5. The summed E-state index contributed by atoms with van der Waals surface area (Å²) in [5.41, 5.74) is 1.24. The lowest BCUT2D eigenvalue weighted by molar-refractivity contribution is -0.138. The number of hydrogen-bond acceptors (Lipinski definition) is 4.